The van der Waals surface area contributed by atoms with Gasteiger partial charge in [-0.3, -0.25) is 4.98 Å². The maximum atomic E-state index is 4.24. The number of nitrogens with one attached hydrogen (secondary N) is 1. The highest BCUT2D eigenvalue weighted by molar-refractivity contribution is 7.99. The van der Waals surface area contributed by atoms with Crippen LogP contribution in [0.1, 0.15) is 19.3 Å². The summed E-state index contributed by atoms with van der Waals surface area (Å²) in [4.78, 5) is 8.28. The Bertz CT molecular complexity index is 265. The van der Waals surface area contributed by atoms with Crippen LogP contribution in [0.25, 0.3) is 0 Å². The largest absolute Gasteiger partial charge is 0.313 e. The summed E-state index contributed by atoms with van der Waals surface area (Å²) in [7, 11) is 0. The predicted molar refractivity (Wildman–Crippen MR) is 65.6 cm³/mol. The van der Waals surface area contributed by atoms with Gasteiger partial charge >= 0.3 is 0 Å². The van der Waals surface area contributed by atoms with Crippen LogP contribution in [0, 0.1) is 0 Å². The third-order valence-corrected chi connectivity index (χ3v) is 3.46. The van der Waals surface area contributed by atoms with Gasteiger partial charge in [0.15, 0.2) is 0 Å². The van der Waals surface area contributed by atoms with Gasteiger partial charge in [-0.2, -0.15) is 0 Å². The van der Waals surface area contributed by atoms with Gasteiger partial charge < -0.3 is 5.32 Å². The quantitative estimate of drug-likeness (QED) is 0.828. The number of hydrogen-bond donors (Lipinski definition) is 1. The van der Waals surface area contributed by atoms with E-state index in [4.69, 9.17) is 0 Å². The molecule has 0 bridgehead atoms. The van der Waals surface area contributed by atoms with Crippen molar-refractivity contribution in [3.05, 3.63) is 18.6 Å². The SMILES string of the molecule is Cl.c1cnc(SCC2CCCCN2)cn1. The first-order valence-corrected chi connectivity index (χ1v) is 6.06. The zero-order valence-corrected chi connectivity index (χ0v) is 10.2. The highest BCUT2D eigenvalue weighted by Gasteiger charge is 2.12. The zero-order valence-electron chi connectivity index (χ0n) is 8.56. The van der Waals surface area contributed by atoms with Gasteiger partial charge in [0.1, 0.15) is 5.03 Å². The summed E-state index contributed by atoms with van der Waals surface area (Å²) in [6, 6.07) is 0.663. The van der Waals surface area contributed by atoms with E-state index in [0.29, 0.717) is 6.04 Å². The molecular weight excluding hydrogens is 230 g/mol. The van der Waals surface area contributed by atoms with Crippen LogP contribution in [0.15, 0.2) is 23.6 Å². The number of halogens is 1. The fraction of sp³-hybridized carbons (Fsp3) is 0.600. The van der Waals surface area contributed by atoms with Gasteiger partial charge in [-0.25, -0.2) is 4.98 Å². The normalized spacial score (nSPS) is 20.7. The Morgan fingerprint density at radius 2 is 2.33 bits per heavy atom. The molecule has 1 atom stereocenters. The Balaban J connectivity index is 0.00000112. The third-order valence-electron chi connectivity index (χ3n) is 2.38. The minimum atomic E-state index is 0. The summed E-state index contributed by atoms with van der Waals surface area (Å²) in [6.45, 7) is 1.17. The van der Waals surface area contributed by atoms with Gasteiger partial charge in [0.25, 0.3) is 0 Å². The van der Waals surface area contributed by atoms with Crippen molar-refractivity contribution in [3.8, 4) is 0 Å². The van der Waals surface area contributed by atoms with E-state index >= 15 is 0 Å². The van der Waals surface area contributed by atoms with Crippen molar-refractivity contribution in [1.82, 2.24) is 15.3 Å². The van der Waals surface area contributed by atoms with Gasteiger partial charge in [0, 0.05) is 24.2 Å². The third kappa shape index (κ3) is 4.36. The van der Waals surface area contributed by atoms with Gasteiger partial charge in [-0.05, 0) is 19.4 Å². The van der Waals surface area contributed by atoms with Crippen molar-refractivity contribution in [2.45, 2.75) is 30.3 Å². The molecule has 1 aliphatic heterocycles. The molecule has 0 aliphatic carbocycles. The lowest BCUT2D eigenvalue weighted by atomic mass is 10.1. The molecule has 0 aromatic carbocycles. The fourth-order valence-electron chi connectivity index (χ4n) is 1.61. The lowest BCUT2D eigenvalue weighted by molar-refractivity contribution is 0.430. The summed E-state index contributed by atoms with van der Waals surface area (Å²) in [5.41, 5.74) is 0. The molecule has 1 aliphatic rings. The van der Waals surface area contributed by atoms with Crippen LogP contribution in [0.5, 0.6) is 0 Å². The highest BCUT2D eigenvalue weighted by Crippen LogP contribution is 2.18. The summed E-state index contributed by atoms with van der Waals surface area (Å²) in [6.07, 6.45) is 9.27. The van der Waals surface area contributed by atoms with Crippen LogP contribution >= 0.6 is 24.2 Å². The summed E-state index contributed by atoms with van der Waals surface area (Å²) in [5.74, 6) is 1.11. The second-order valence-electron chi connectivity index (χ2n) is 3.50. The molecule has 2 heterocycles. The van der Waals surface area contributed by atoms with Crippen molar-refractivity contribution in [2.24, 2.45) is 0 Å². The molecule has 84 valence electrons. The molecule has 15 heavy (non-hydrogen) atoms. The summed E-state index contributed by atoms with van der Waals surface area (Å²) in [5, 5.41) is 4.55. The Morgan fingerprint density at radius 3 is 3.00 bits per heavy atom. The average molecular weight is 246 g/mol. The molecule has 1 N–H and O–H groups in total. The van der Waals surface area contributed by atoms with Crippen molar-refractivity contribution in [2.75, 3.05) is 12.3 Å². The van der Waals surface area contributed by atoms with Crippen LogP contribution < -0.4 is 5.32 Å². The zero-order chi connectivity index (χ0) is 9.64. The molecule has 3 nitrogen and oxygen atoms in total. The second kappa shape index (κ2) is 7.04. The van der Waals surface area contributed by atoms with Gasteiger partial charge in [0.05, 0.1) is 6.20 Å². The number of nitrogens with zero attached hydrogens (tertiary/aromatic N) is 2. The molecule has 0 spiro atoms. The van der Waals surface area contributed by atoms with Gasteiger partial charge in [-0.15, -0.1) is 24.2 Å². The standard InChI is InChI=1S/C10H15N3S.ClH/c1-2-4-12-9(3-1)8-14-10-7-11-5-6-13-10;/h5-7,9,12H,1-4,8H2;1H. The minimum absolute atomic E-state index is 0. The molecule has 1 fully saturated rings. The van der Waals surface area contributed by atoms with E-state index in [1.165, 1.54) is 25.8 Å². The van der Waals surface area contributed by atoms with E-state index < -0.39 is 0 Å². The first-order chi connectivity index (χ1) is 6.95. The minimum Gasteiger partial charge on any atom is -0.313 e. The number of hydrogen-bond acceptors (Lipinski definition) is 4. The topological polar surface area (TPSA) is 37.8 Å². The van der Waals surface area contributed by atoms with Crippen molar-refractivity contribution >= 4 is 24.2 Å². The maximum Gasteiger partial charge on any atom is 0.114 e. The Morgan fingerprint density at radius 1 is 1.40 bits per heavy atom. The van der Waals surface area contributed by atoms with E-state index in [-0.39, 0.29) is 12.4 Å². The van der Waals surface area contributed by atoms with Crippen molar-refractivity contribution in [3.63, 3.8) is 0 Å². The number of rotatable bonds is 3. The van der Waals surface area contributed by atoms with Crippen LogP contribution in [-0.4, -0.2) is 28.3 Å². The van der Waals surface area contributed by atoms with E-state index in [9.17, 15) is 0 Å². The second-order valence-corrected chi connectivity index (χ2v) is 4.54. The summed E-state index contributed by atoms with van der Waals surface area (Å²) < 4.78 is 0. The number of aromatic nitrogens is 2. The smallest absolute Gasteiger partial charge is 0.114 e. The van der Waals surface area contributed by atoms with Crippen LogP contribution in [0.2, 0.25) is 0 Å². The first-order valence-electron chi connectivity index (χ1n) is 5.07. The van der Waals surface area contributed by atoms with Crippen LogP contribution in [0.3, 0.4) is 0 Å². The first kappa shape index (κ1) is 12.7. The lowest BCUT2D eigenvalue weighted by Gasteiger charge is -2.22. The van der Waals surface area contributed by atoms with E-state index in [0.717, 1.165) is 10.8 Å². The van der Waals surface area contributed by atoms with Crippen molar-refractivity contribution in [1.29, 1.82) is 0 Å². The van der Waals surface area contributed by atoms with Gasteiger partial charge in [0.2, 0.25) is 0 Å². The van der Waals surface area contributed by atoms with E-state index in [2.05, 4.69) is 15.3 Å². The lowest BCUT2D eigenvalue weighted by Crippen LogP contribution is -2.35. The molecule has 0 saturated carbocycles. The maximum absolute atomic E-state index is 4.24. The molecule has 5 heteroatoms. The molecule has 0 amide bonds. The Kier molecular flexibility index (Phi) is 5.98. The van der Waals surface area contributed by atoms with Gasteiger partial charge in [-0.1, -0.05) is 6.42 Å². The molecule has 0 radical (unpaired) electrons. The predicted octanol–water partition coefficient (Wildman–Crippen LogP) is 2.13. The highest BCUT2D eigenvalue weighted by atomic mass is 35.5. The molecule has 1 saturated heterocycles. The fourth-order valence-corrected chi connectivity index (χ4v) is 2.54. The van der Waals surface area contributed by atoms with Crippen LogP contribution in [-0.2, 0) is 0 Å². The molecule has 1 aromatic heterocycles. The Labute approximate surface area is 101 Å². The number of piperidine rings is 1. The van der Waals surface area contributed by atoms with E-state index in [1.807, 2.05) is 6.20 Å². The van der Waals surface area contributed by atoms with Crippen LogP contribution in [0.4, 0.5) is 0 Å². The average Bonchev–Trinajstić information content (AvgIpc) is 2.29. The van der Waals surface area contributed by atoms with E-state index in [1.54, 1.807) is 24.2 Å². The molecular formula is C10H16ClN3S. The Hall–Kier alpha value is -0.320. The molecule has 1 aromatic rings. The molecule has 2 rings (SSSR count). The number of thioether (sulfide) groups is 1. The van der Waals surface area contributed by atoms with Crippen molar-refractivity contribution < 1.29 is 0 Å². The monoisotopic (exact) mass is 245 g/mol. The molecule has 1 unspecified atom stereocenters. The summed E-state index contributed by atoms with van der Waals surface area (Å²) >= 11 is 1.79.